The van der Waals surface area contributed by atoms with Gasteiger partial charge in [-0.25, -0.2) is 4.79 Å². The Morgan fingerprint density at radius 1 is 1.18 bits per heavy atom. The lowest BCUT2D eigenvalue weighted by Gasteiger charge is -2.41. The number of nitrogens with zero attached hydrogens (tertiary/aromatic N) is 2. The fourth-order valence-corrected chi connectivity index (χ4v) is 6.07. The molecule has 0 radical (unpaired) electrons. The third-order valence-corrected chi connectivity index (χ3v) is 8.04. The number of rotatable bonds is 7. The molecule has 0 bridgehead atoms. The van der Waals surface area contributed by atoms with E-state index in [1.165, 1.54) is 9.78 Å². The van der Waals surface area contributed by atoms with E-state index >= 15 is 0 Å². The highest BCUT2D eigenvalue weighted by Gasteiger charge is 2.55. The number of piperidine rings is 1. The second kappa shape index (κ2) is 9.67. The molecule has 0 unspecified atom stereocenters. The van der Waals surface area contributed by atoms with Crippen molar-refractivity contribution in [2.75, 3.05) is 19.6 Å². The predicted molar refractivity (Wildman–Crippen MR) is 130 cm³/mol. The normalized spacial score (nSPS) is 21.5. The minimum atomic E-state index is -0.851. The van der Waals surface area contributed by atoms with Crippen molar-refractivity contribution in [2.45, 2.75) is 58.4 Å². The molecule has 1 N–H and O–H groups in total. The van der Waals surface area contributed by atoms with Crippen LogP contribution in [0.4, 0.5) is 4.79 Å². The Bertz CT molecular complexity index is 1030. The number of likely N-dealkylation sites (tertiary alicyclic amines) is 1. The first-order valence-electron chi connectivity index (χ1n) is 11.9. The number of imide groups is 1. The van der Waals surface area contributed by atoms with E-state index in [4.69, 9.17) is 0 Å². The highest BCUT2D eigenvalue weighted by atomic mass is 32.1. The standard InChI is InChI=1S/C26H33N3O3S/c1-4-12-26(24(31)29(25(32)27-26)15-11-21-6-5-16-33-21)20-9-13-28(14-10-20)23(30)22-8-7-18(2)17-19(22)3/h5-8,16-17,20H,4,9-15H2,1-3H3,(H,27,32)/t26-/m0/s1. The van der Waals surface area contributed by atoms with Crippen molar-refractivity contribution in [1.82, 2.24) is 15.1 Å². The van der Waals surface area contributed by atoms with Crippen LogP contribution in [0.1, 0.15) is 59.0 Å². The molecule has 3 heterocycles. The van der Waals surface area contributed by atoms with E-state index in [1.54, 1.807) is 11.3 Å². The summed E-state index contributed by atoms with van der Waals surface area (Å²) in [5.74, 6) is -0.0104. The highest BCUT2D eigenvalue weighted by Crippen LogP contribution is 2.37. The van der Waals surface area contributed by atoms with Crippen LogP contribution in [0.5, 0.6) is 0 Å². The van der Waals surface area contributed by atoms with Gasteiger partial charge in [-0.1, -0.05) is 37.1 Å². The number of hydrogen-bond donors (Lipinski definition) is 1. The third kappa shape index (κ3) is 4.56. The number of benzene rings is 1. The summed E-state index contributed by atoms with van der Waals surface area (Å²) in [6.45, 7) is 7.65. The molecule has 2 aliphatic rings. The molecule has 2 aromatic rings. The van der Waals surface area contributed by atoms with Gasteiger partial charge < -0.3 is 10.2 Å². The number of carbonyl (C=O) groups is 3. The summed E-state index contributed by atoms with van der Waals surface area (Å²) in [6, 6.07) is 9.66. The Balaban J connectivity index is 1.45. The van der Waals surface area contributed by atoms with E-state index in [0.29, 0.717) is 45.3 Å². The monoisotopic (exact) mass is 467 g/mol. The van der Waals surface area contributed by atoms with E-state index in [2.05, 4.69) is 5.32 Å². The quantitative estimate of drug-likeness (QED) is 0.608. The molecular formula is C26H33N3O3S. The zero-order valence-electron chi connectivity index (χ0n) is 19.7. The van der Waals surface area contributed by atoms with Crippen molar-refractivity contribution >= 4 is 29.2 Å². The minimum Gasteiger partial charge on any atom is -0.339 e. The number of urea groups is 1. The topological polar surface area (TPSA) is 69.7 Å². The number of amides is 4. The molecule has 176 valence electrons. The molecule has 1 atom stereocenters. The number of nitrogens with one attached hydrogen (secondary N) is 1. The van der Waals surface area contributed by atoms with Gasteiger partial charge in [0.25, 0.3) is 11.8 Å². The SMILES string of the molecule is CCC[C@@]1(C2CCN(C(=O)c3ccc(C)cc3C)CC2)NC(=O)N(CCc2cccs2)C1=O. The molecule has 2 saturated heterocycles. The van der Waals surface area contributed by atoms with E-state index in [0.717, 1.165) is 23.1 Å². The Morgan fingerprint density at radius 3 is 2.58 bits per heavy atom. The van der Waals surface area contributed by atoms with Gasteiger partial charge in [-0.3, -0.25) is 14.5 Å². The zero-order valence-corrected chi connectivity index (χ0v) is 20.5. The molecule has 0 saturated carbocycles. The molecular weight excluding hydrogens is 434 g/mol. The van der Waals surface area contributed by atoms with Crippen molar-refractivity contribution in [3.63, 3.8) is 0 Å². The lowest BCUT2D eigenvalue weighted by Crippen LogP contribution is -2.56. The summed E-state index contributed by atoms with van der Waals surface area (Å²) >= 11 is 1.64. The molecule has 7 heteroatoms. The summed E-state index contributed by atoms with van der Waals surface area (Å²) < 4.78 is 0. The van der Waals surface area contributed by atoms with Crippen molar-refractivity contribution in [3.8, 4) is 0 Å². The fourth-order valence-electron chi connectivity index (χ4n) is 5.37. The molecule has 6 nitrogen and oxygen atoms in total. The van der Waals surface area contributed by atoms with E-state index < -0.39 is 5.54 Å². The molecule has 33 heavy (non-hydrogen) atoms. The minimum absolute atomic E-state index is 0.0313. The van der Waals surface area contributed by atoms with E-state index in [9.17, 15) is 14.4 Å². The van der Waals surface area contributed by atoms with Crippen LogP contribution in [0.15, 0.2) is 35.7 Å². The van der Waals surface area contributed by atoms with Gasteiger partial charge in [0.15, 0.2) is 0 Å². The second-order valence-corrected chi connectivity index (χ2v) is 10.4. The molecule has 2 aliphatic heterocycles. The van der Waals surface area contributed by atoms with Crippen molar-refractivity contribution < 1.29 is 14.4 Å². The molecule has 2 fully saturated rings. The Morgan fingerprint density at radius 2 is 1.94 bits per heavy atom. The summed E-state index contributed by atoms with van der Waals surface area (Å²) in [5, 5.41) is 5.11. The molecule has 1 aromatic carbocycles. The number of thiophene rings is 1. The van der Waals surface area contributed by atoms with Crippen LogP contribution in [-0.2, 0) is 11.2 Å². The molecule has 4 rings (SSSR count). The number of aryl methyl sites for hydroxylation is 2. The van der Waals surface area contributed by atoms with Gasteiger partial charge in [0.1, 0.15) is 5.54 Å². The van der Waals surface area contributed by atoms with Crippen LogP contribution in [0.2, 0.25) is 0 Å². The van der Waals surface area contributed by atoms with Gasteiger partial charge in [-0.05, 0) is 68.5 Å². The fraction of sp³-hybridized carbons (Fsp3) is 0.500. The first-order chi connectivity index (χ1) is 15.9. The average Bonchev–Trinajstić information content (AvgIpc) is 3.39. The largest absolute Gasteiger partial charge is 0.339 e. The van der Waals surface area contributed by atoms with Crippen LogP contribution < -0.4 is 5.32 Å². The molecule has 0 spiro atoms. The maximum absolute atomic E-state index is 13.6. The maximum atomic E-state index is 13.6. The molecule has 0 aliphatic carbocycles. The van der Waals surface area contributed by atoms with Crippen molar-refractivity contribution in [2.24, 2.45) is 5.92 Å². The molecule has 1 aromatic heterocycles. The zero-order chi connectivity index (χ0) is 23.6. The van der Waals surface area contributed by atoms with Crippen LogP contribution in [0.3, 0.4) is 0 Å². The Labute approximate surface area is 200 Å². The Kier molecular flexibility index (Phi) is 6.88. The lowest BCUT2D eigenvalue weighted by molar-refractivity contribution is -0.134. The smallest absolute Gasteiger partial charge is 0.325 e. The van der Waals surface area contributed by atoms with E-state index in [1.807, 2.05) is 61.4 Å². The van der Waals surface area contributed by atoms with Gasteiger partial charge in [-0.2, -0.15) is 0 Å². The van der Waals surface area contributed by atoms with Crippen LogP contribution >= 0.6 is 11.3 Å². The predicted octanol–water partition coefficient (Wildman–Crippen LogP) is 4.55. The molecule has 4 amide bonds. The van der Waals surface area contributed by atoms with Crippen molar-refractivity contribution in [3.05, 3.63) is 57.3 Å². The maximum Gasteiger partial charge on any atom is 0.325 e. The van der Waals surface area contributed by atoms with Gasteiger partial charge in [0, 0.05) is 30.1 Å². The van der Waals surface area contributed by atoms with Gasteiger partial charge in [0.2, 0.25) is 0 Å². The summed E-state index contributed by atoms with van der Waals surface area (Å²) in [4.78, 5) is 44.0. The first-order valence-corrected chi connectivity index (χ1v) is 12.8. The summed E-state index contributed by atoms with van der Waals surface area (Å²) in [7, 11) is 0. The number of carbonyl (C=O) groups excluding carboxylic acids is 3. The summed E-state index contributed by atoms with van der Waals surface area (Å²) in [5.41, 5.74) is 2.02. The van der Waals surface area contributed by atoms with Crippen LogP contribution in [0.25, 0.3) is 0 Å². The first kappa shape index (κ1) is 23.5. The average molecular weight is 468 g/mol. The van der Waals surface area contributed by atoms with Gasteiger partial charge in [0.05, 0.1) is 0 Å². The summed E-state index contributed by atoms with van der Waals surface area (Å²) in [6.07, 6.45) is 3.54. The van der Waals surface area contributed by atoms with Crippen LogP contribution in [-0.4, -0.2) is 52.8 Å². The second-order valence-electron chi connectivity index (χ2n) is 9.32. The third-order valence-electron chi connectivity index (χ3n) is 7.10. The van der Waals surface area contributed by atoms with Gasteiger partial charge >= 0.3 is 6.03 Å². The number of hydrogen-bond acceptors (Lipinski definition) is 4. The van der Waals surface area contributed by atoms with Crippen LogP contribution in [0, 0.1) is 19.8 Å². The highest BCUT2D eigenvalue weighted by molar-refractivity contribution is 7.09. The lowest BCUT2D eigenvalue weighted by atomic mass is 9.74. The Hall–Kier alpha value is -2.67. The van der Waals surface area contributed by atoms with E-state index in [-0.39, 0.29) is 23.8 Å². The van der Waals surface area contributed by atoms with Crippen molar-refractivity contribution in [1.29, 1.82) is 0 Å². The van der Waals surface area contributed by atoms with Gasteiger partial charge in [-0.15, -0.1) is 11.3 Å².